The molecule has 0 atom stereocenters. The van der Waals surface area contributed by atoms with Gasteiger partial charge in [-0.25, -0.2) is 0 Å². The van der Waals surface area contributed by atoms with Gasteiger partial charge in [-0.3, -0.25) is 9.59 Å². The Morgan fingerprint density at radius 2 is 1.84 bits per heavy atom. The average molecular weight is 372 g/mol. The first-order valence-electron chi connectivity index (χ1n) is 7.48. The van der Waals surface area contributed by atoms with Crippen molar-refractivity contribution >= 4 is 40.3 Å². The Balaban J connectivity index is 1.60. The third kappa shape index (κ3) is 4.68. The molecule has 0 spiro atoms. The maximum atomic E-state index is 12.1. The van der Waals surface area contributed by atoms with Gasteiger partial charge in [0.25, 0.3) is 5.91 Å². The van der Waals surface area contributed by atoms with E-state index in [2.05, 4.69) is 5.32 Å². The van der Waals surface area contributed by atoms with Crippen LogP contribution in [0, 0.1) is 0 Å². The SMILES string of the molecule is O=C(COc1cccc(NC(=O)c2cccs2)c1)c1ccc(Cl)cc1. The Labute approximate surface area is 154 Å². The number of ether oxygens (including phenoxy) is 1. The minimum absolute atomic E-state index is 0.0933. The van der Waals surface area contributed by atoms with Crippen LogP contribution in [0.2, 0.25) is 5.02 Å². The number of benzene rings is 2. The van der Waals surface area contributed by atoms with Crippen molar-refractivity contribution in [1.29, 1.82) is 0 Å². The van der Waals surface area contributed by atoms with Gasteiger partial charge in [-0.15, -0.1) is 11.3 Å². The van der Waals surface area contributed by atoms with Crippen molar-refractivity contribution in [3.05, 3.63) is 81.5 Å². The van der Waals surface area contributed by atoms with Crippen LogP contribution in [0.25, 0.3) is 0 Å². The highest BCUT2D eigenvalue weighted by molar-refractivity contribution is 7.12. The maximum Gasteiger partial charge on any atom is 0.265 e. The second kappa shape index (κ2) is 7.96. The summed E-state index contributed by atoms with van der Waals surface area (Å²) in [6.07, 6.45) is 0. The second-order valence-electron chi connectivity index (χ2n) is 5.18. The number of hydrogen-bond donors (Lipinski definition) is 1. The Morgan fingerprint density at radius 3 is 2.56 bits per heavy atom. The van der Waals surface area contributed by atoms with Gasteiger partial charge in [0.05, 0.1) is 4.88 Å². The molecule has 0 aliphatic heterocycles. The molecule has 0 bridgehead atoms. The Bertz CT molecular complexity index is 876. The summed E-state index contributed by atoms with van der Waals surface area (Å²) in [7, 11) is 0. The van der Waals surface area contributed by atoms with Crippen molar-refractivity contribution in [3.8, 4) is 5.75 Å². The summed E-state index contributed by atoms with van der Waals surface area (Å²) in [5, 5.41) is 5.22. The highest BCUT2D eigenvalue weighted by Gasteiger charge is 2.09. The van der Waals surface area contributed by atoms with Crippen LogP contribution in [0.5, 0.6) is 5.75 Å². The number of amides is 1. The van der Waals surface area contributed by atoms with E-state index in [0.717, 1.165) is 0 Å². The summed E-state index contributed by atoms with van der Waals surface area (Å²) in [4.78, 5) is 24.8. The first-order valence-corrected chi connectivity index (χ1v) is 8.74. The predicted octanol–water partition coefficient (Wildman–Crippen LogP) is 4.92. The van der Waals surface area contributed by atoms with Crippen molar-refractivity contribution in [2.45, 2.75) is 0 Å². The summed E-state index contributed by atoms with van der Waals surface area (Å²) in [6.45, 7) is -0.0933. The molecule has 3 rings (SSSR count). The second-order valence-corrected chi connectivity index (χ2v) is 6.56. The van der Waals surface area contributed by atoms with Crippen molar-refractivity contribution in [1.82, 2.24) is 0 Å². The van der Waals surface area contributed by atoms with E-state index in [0.29, 0.717) is 26.9 Å². The molecule has 126 valence electrons. The van der Waals surface area contributed by atoms with Crippen molar-refractivity contribution in [3.63, 3.8) is 0 Å². The zero-order valence-electron chi connectivity index (χ0n) is 13.1. The molecule has 2 aromatic carbocycles. The number of carbonyl (C=O) groups excluding carboxylic acids is 2. The van der Waals surface area contributed by atoms with Gasteiger partial charge >= 0.3 is 0 Å². The minimum Gasteiger partial charge on any atom is -0.485 e. The quantitative estimate of drug-likeness (QED) is 0.626. The van der Waals surface area contributed by atoms with Crippen LogP contribution in [-0.4, -0.2) is 18.3 Å². The number of hydrogen-bond acceptors (Lipinski definition) is 4. The smallest absolute Gasteiger partial charge is 0.265 e. The summed E-state index contributed by atoms with van der Waals surface area (Å²) < 4.78 is 5.53. The highest BCUT2D eigenvalue weighted by atomic mass is 35.5. The molecule has 6 heteroatoms. The van der Waals surface area contributed by atoms with Gasteiger partial charge in [0.2, 0.25) is 0 Å². The average Bonchev–Trinajstić information content (AvgIpc) is 3.15. The Kier molecular flexibility index (Phi) is 5.48. The van der Waals surface area contributed by atoms with Crippen LogP contribution in [0.4, 0.5) is 5.69 Å². The third-order valence-electron chi connectivity index (χ3n) is 3.37. The lowest BCUT2D eigenvalue weighted by molar-refractivity contribution is 0.0921. The number of Topliss-reactive ketones (excluding diaryl/α,β-unsaturated/α-hetero) is 1. The van der Waals surface area contributed by atoms with Gasteiger partial charge in [0.1, 0.15) is 5.75 Å². The van der Waals surface area contributed by atoms with E-state index in [-0.39, 0.29) is 18.3 Å². The molecule has 0 saturated carbocycles. The zero-order chi connectivity index (χ0) is 17.6. The predicted molar refractivity (Wildman–Crippen MR) is 100.0 cm³/mol. The van der Waals surface area contributed by atoms with Gasteiger partial charge in [-0.1, -0.05) is 23.7 Å². The van der Waals surface area contributed by atoms with Crippen LogP contribution < -0.4 is 10.1 Å². The molecular weight excluding hydrogens is 358 g/mol. The standard InChI is InChI=1S/C19H14ClNO3S/c20-14-8-6-13(7-9-14)17(22)12-24-16-4-1-3-15(11-16)21-19(23)18-5-2-10-25-18/h1-11H,12H2,(H,21,23). The lowest BCUT2D eigenvalue weighted by atomic mass is 10.1. The summed E-state index contributed by atoms with van der Waals surface area (Å²) in [5.74, 6) is 0.181. The highest BCUT2D eigenvalue weighted by Crippen LogP contribution is 2.19. The first-order chi connectivity index (χ1) is 12.1. The number of halogens is 1. The van der Waals surface area contributed by atoms with E-state index in [1.165, 1.54) is 11.3 Å². The normalized spacial score (nSPS) is 10.3. The van der Waals surface area contributed by atoms with E-state index >= 15 is 0 Å². The fourth-order valence-electron chi connectivity index (χ4n) is 2.13. The summed E-state index contributed by atoms with van der Waals surface area (Å²) in [5.41, 5.74) is 1.14. The van der Waals surface area contributed by atoms with E-state index < -0.39 is 0 Å². The monoisotopic (exact) mass is 371 g/mol. The zero-order valence-corrected chi connectivity index (χ0v) is 14.6. The molecule has 0 saturated heterocycles. The topological polar surface area (TPSA) is 55.4 Å². The van der Waals surface area contributed by atoms with Crippen molar-refractivity contribution in [2.75, 3.05) is 11.9 Å². The Morgan fingerprint density at radius 1 is 1.04 bits per heavy atom. The molecule has 4 nitrogen and oxygen atoms in total. The van der Waals surface area contributed by atoms with Gasteiger partial charge in [-0.2, -0.15) is 0 Å². The molecular formula is C19H14ClNO3S. The lowest BCUT2D eigenvalue weighted by Gasteiger charge is -2.08. The van der Waals surface area contributed by atoms with Crippen molar-refractivity contribution < 1.29 is 14.3 Å². The number of ketones is 1. The number of thiophene rings is 1. The lowest BCUT2D eigenvalue weighted by Crippen LogP contribution is -2.12. The molecule has 0 aliphatic rings. The van der Waals surface area contributed by atoms with E-state index in [1.54, 1.807) is 54.6 Å². The molecule has 1 amide bonds. The van der Waals surface area contributed by atoms with Crippen LogP contribution in [0.15, 0.2) is 66.0 Å². The van der Waals surface area contributed by atoms with Crippen LogP contribution in [-0.2, 0) is 0 Å². The van der Waals surface area contributed by atoms with Gasteiger partial charge in [0.15, 0.2) is 12.4 Å². The molecule has 0 radical (unpaired) electrons. The van der Waals surface area contributed by atoms with Gasteiger partial charge in [-0.05, 0) is 47.8 Å². The van der Waals surface area contributed by atoms with Crippen molar-refractivity contribution in [2.24, 2.45) is 0 Å². The maximum absolute atomic E-state index is 12.1. The fraction of sp³-hybridized carbons (Fsp3) is 0.0526. The van der Waals surface area contributed by atoms with Crippen LogP contribution in [0.3, 0.4) is 0 Å². The van der Waals surface area contributed by atoms with Gasteiger partial charge < -0.3 is 10.1 Å². The molecule has 25 heavy (non-hydrogen) atoms. The Hall–Kier alpha value is -2.63. The fourth-order valence-corrected chi connectivity index (χ4v) is 2.88. The molecule has 1 N–H and O–H groups in total. The number of rotatable bonds is 6. The molecule has 0 fully saturated rings. The van der Waals surface area contributed by atoms with E-state index in [1.807, 2.05) is 11.4 Å². The molecule has 1 aromatic heterocycles. The van der Waals surface area contributed by atoms with Crippen LogP contribution in [0.1, 0.15) is 20.0 Å². The van der Waals surface area contributed by atoms with E-state index in [9.17, 15) is 9.59 Å². The summed E-state index contributed by atoms with van der Waals surface area (Å²) >= 11 is 7.18. The molecule has 0 aliphatic carbocycles. The number of nitrogens with one attached hydrogen (secondary N) is 1. The molecule has 1 heterocycles. The minimum atomic E-state index is -0.176. The molecule has 3 aromatic rings. The van der Waals surface area contributed by atoms with Gasteiger partial charge in [0, 0.05) is 22.3 Å². The first kappa shape index (κ1) is 17.2. The van der Waals surface area contributed by atoms with E-state index in [4.69, 9.17) is 16.3 Å². The number of carbonyl (C=O) groups is 2. The third-order valence-corrected chi connectivity index (χ3v) is 4.49. The molecule has 0 unspecified atom stereocenters. The summed E-state index contributed by atoms with van der Waals surface area (Å²) in [6, 6.07) is 17.1. The van der Waals surface area contributed by atoms with Crippen LogP contribution >= 0.6 is 22.9 Å². The largest absolute Gasteiger partial charge is 0.485 e. The number of anilines is 1.